The third-order valence-electron chi connectivity index (χ3n) is 4.62. The van der Waals surface area contributed by atoms with Gasteiger partial charge in [0.05, 0.1) is 6.61 Å². The van der Waals surface area contributed by atoms with Crippen LogP contribution in [0.25, 0.3) is 0 Å². The summed E-state index contributed by atoms with van der Waals surface area (Å²) in [5.41, 5.74) is -0.925. The van der Waals surface area contributed by atoms with Crippen LogP contribution in [0.5, 0.6) is 5.75 Å². The quantitative estimate of drug-likeness (QED) is 0.275. The summed E-state index contributed by atoms with van der Waals surface area (Å²) in [4.78, 5) is 0. The molecule has 2 rings (SSSR count). The zero-order valence-electron chi connectivity index (χ0n) is 16.2. The molecule has 1 aliphatic heterocycles. The van der Waals surface area contributed by atoms with Gasteiger partial charge in [0.25, 0.3) is 0 Å². The van der Waals surface area contributed by atoms with E-state index in [1.165, 1.54) is 56.2 Å². The average Bonchev–Trinajstić information content (AvgIpc) is 3.42. The SMILES string of the molecule is CC(C)=CCCCCCCCCCOc1ccc(C2(C(F)(F)F)N=N2)cc1. The molecule has 0 atom stereocenters. The van der Waals surface area contributed by atoms with Crippen LogP contribution in [0.4, 0.5) is 13.2 Å². The number of allylic oxidation sites excluding steroid dienone is 2. The monoisotopic (exact) mass is 382 g/mol. The molecule has 0 N–H and O–H groups in total. The first-order valence-corrected chi connectivity index (χ1v) is 9.73. The van der Waals surface area contributed by atoms with Crippen LogP contribution in [0.15, 0.2) is 46.1 Å². The van der Waals surface area contributed by atoms with E-state index in [2.05, 4.69) is 30.2 Å². The zero-order chi connectivity index (χ0) is 19.8. The molecule has 0 radical (unpaired) electrons. The second kappa shape index (κ2) is 9.90. The van der Waals surface area contributed by atoms with E-state index in [-0.39, 0.29) is 5.56 Å². The summed E-state index contributed by atoms with van der Waals surface area (Å²) in [5.74, 6) is 0.580. The number of nitrogens with zero attached hydrogens (tertiary/aromatic N) is 2. The van der Waals surface area contributed by atoms with Crippen molar-refractivity contribution in [1.82, 2.24) is 0 Å². The van der Waals surface area contributed by atoms with Crippen molar-refractivity contribution in [2.24, 2.45) is 10.2 Å². The van der Waals surface area contributed by atoms with Crippen molar-refractivity contribution >= 4 is 0 Å². The number of halogens is 3. The molecule has 0 fully saturated rings. The zero-order valence-corrected chi connectivity index (χ0v) is 16.2. The molecular formula is C21H29F3N2O. The number of ether oxygens (including phenoxy) is 1. The normalized spacial score (nSPS) is 14.9. The maximum absolute atomic E-state index is 12.9. The summed E-state index contributed by atoms with van der Waals surface area (Å²) in [6.45, 7) is 4.85. The Morgan fingerprint density at radius 3 is 2.00 bits per heavy atom. The van der Waals surface area contributed by atoms with Gasteiger partial charge in [0.2, 0.25) is 0 Å². The van der Waals surface area contributed by atoms with Crippen LogP contribution >= 0.6 is 0 Å². The maximum atomic E-state index is 12.9. The van der Waals surface area contributed by atoms with Crippen molar-refractivity contribution in [2.75, 3.05) is 6.61 Å². The van der Waals surface area contributed by atoms with Crippen molar-refractivity contribution in [3.05, 3.63) is 41.5 Å². The summed E-state index contributed by atoms with van der Waals surface area (Å²) in [6, 6.07) is 5.88. The van der Waals surface area contributed by atoms with Gasteiger partial charge in [-0.05, 0) is 45.2 Å². The molecular weight excluding hydrogens is 353 g/mol. The van der Waals surface area contributed by atoms with Gasteiger partial charge in [-0.25, -0.2) is 0 Å². The van der Waals surface area contributed by atoms with Crippen molar-refractivity contribution < 1.29 is 17.9 Å². The second-order valence-electron chi connectivity index (χ2n) is 7.29. The summed E-state index contributed by atoms with van der Waals surface area (Å²) in [5, 5.41) is 6.39. The van der Waals surface area contributed by atoms with Crippen LogP contribution in [0.2, 0.25) is 0 Å². The molecule has 0 aromatic heterocycles. The van der Waals surface area contributed by atoms with Gasteiger partial charge in [-0.1, -0.05) is 55.9 Å². The third kappa shape index (κ3) is 6.67. The molecule has 0 saturated heterocycles. The summed E-state index contributed by atoms with van der Waals surface area (Å²) in [7, 11) is 0. The molecule has 0 bridgehead atoms. The fraction of sp³-hybridized carbons (Fsp3) is 0.619. The molecule has 6 heteroatoms. The van der Waals surface area contributed by atoms with E-state index in [1.807, 2.05) is 0 Å². The largest absolute Gasteiger partial charge is 0.494 e. The van der Waals surface area contributed by atoms with Crippen LogP contribution in [0.3, 0.4) is 0 Å². The minimum atomic E-state index is -4.49. The van der Waals surface area contributed by atoms with Gasteiger partial charge >= 0.3 is 11.8 Å². The summed E-state index contributed by atoms with van der Waals surface area (Å²) < 4.78 is 44.4. The Labute approximate surface area is 159 Å². The van der Waals surface area contributed by atoms with Crippen molar-refractivity contribution in [3.63, 3.8) is 0 Å². The number of hydrogen-bond acceptors (Lipinski definition) is 3. The van der Waals surface area contributed by atoms with E-state index in [4.69, 9.17) is 4.74 Å². The number of benzene rings is 1. The number of unbranched alkanes of at least 4 members (excludes halogenated alkanes) is 7. The first kappa shape index (κ1) is 21.5. The molecule has 1 heterocycles. The molecule has 1 aromatic rings. The van der Waals surface area contributed by atoms with Crippen molar-refractivity contribution in [3.8, 4) is 5.75 Å². The average molecular weight is 382 g/mol. The van der Waals surface area contributed by atoms with Crippen LogP contribution in [0.1, 0.15) is 70.8 Å². The molecule has 0 saturated carbocycles. The van der Waals surface area contributed by atoms with Gasteiger partial charge in [0.15, 0.2) is 0 Å². The van der Waals surface area contributed by atoms with Gasteiger partial charge in [-0.15, -0.1) is 10.2 Å². The van der Waals surface area contributed by atoms with Crippen molar-refractivity contribution in [2.45, 2.75) is 77.1 Å². The van der Waals surface area contributed by atoms with Gasteiger partial charge in [0, 0.05) is 5.56 Å². The van der Waals surface area contributed by atoms with E-state index < -0.39 is 11.8 Å². The minimum absolute atomic E-state index is 0.0342. The lowest BCUT2D eigenvalue weighted by atomic mass is 10.0. The first-order chi connectivity index (χ1) is 12.8. The van der Waals surface area contributed by atoms with Gasteiger partial charge in [-0.2, -0.15) is 13.2 Å². The van der Waals surface area contributed by atoms with Crippen LogP contribution in [-0.4, -0.2) is 12.8 Å². The fourth-order valence-electron chi connectivity index (χ4n) is 2.94. The standard InChI is InChI=1S/C21H29F3N2O/c1-17(2)11-9-7-5-3-4-6-8-10-16-27-19-14-12-18(13-15-19)20(25-26-20)21(22,23)24/h11-15H,3-10,16H2,1-2H3. The Kier molecular flexibility index (Phi) is 7.87. The lowest BCUT2D eigenvalue weighted by molar-refractivity contribution is -0.166. The molecule has 1 aliphatic rings. The summed E-state index contributed by atoms with van der Waals surface area (Å²) >= 11 is 0. The van der Waals surface area contributed by atoms with E-state index in [9.17, 15) is 13.2 Å². The number of rotatable bonds is 12. The smallest absolute Gasteiger partial charge is 0.442 e. The number of hydrogen-bond donors (Lipinski definition) is 0. The van der Waals surface area contributed by atoms with E-state index in [0.29, 0.717) is 12.4 Å². The molecule has 0 spiro atoms. The van der Waals surface area contributed by atoms with E-state index in [1.54, 1.807) is 12.1 Å². The fourth-order valence-corrected chi connectivity index (χ4v) is 2.94. The predicted octanol–water partition coefficient (Wildman–Crippen LogP) is 7.33. The molecule has 0 amide bonds. The molecule has 27 heavy (non-hydrogen) atoms. The molecule has 3 nitrogen and oxygen atoms in total. The van der Waals surface area contributed by atoms with Crippen LogP contribution in [0, 0.1) is 0 Å². The Bertz CT molecular complexity index is 626. The topological polar surface area (TPSA) is 34.0 Å². The van der Waals surface area contributed by atoms with Crippen molar-refractivity contribution in [1.29, 1.82) is 0 Å². The third-order valence-corrected chi connectivity index (χ3v) is 4.62. The summed E-state index contributed by atoms with van der Waals surface area (Å²) in [6.07, 6.45) is 7.32. The molecule has 1 aromatic carbocycles. The highest BCUT2D eigenvalue weighted by Gasteiger charge is 2.65. The molecule has 150 valence electrons. The van der Waals surface area contributed by atoms with E-state index in [0.717, 1.165) is 12.8 Å². The highest BCUT2D eigenvalue weighted by molar-refractivity contribution is 5.35. The molecule has 0 unspecified atom stereocenters. The lowest BCUT2D eigenvalue weighted by Gasteiger charge is -2.15. The van der Waals surface area contributed by atoms with Crippen LogP contribution in [-0.2, 0) is 5.66 Å². The van der Waals surface area contributed by atoms with E-state index >= 15 is 0 Å². The molecule has 0 aliphatic carbocycles. The second-order valence-corrected chi connectivity index (χ2v) is 7.29. The Balaban J connectivity index is 1.53. The predicted molar refractivity (Wildman–Crippen MR) is 101 cm³/mol. The first-order valence-electron chi connectivity index (χ1n) is 9.73. The van der Waals surface area contributed by atoms with Gasteiger partial charge in [0.1, 0.15) is 5.75 Å². The Hall–Kier alpha value is -1.85. The van der Waals surface area contributed by atoms with Crippen LogP contribution < -0.4 is 4.74 Å². The highest BCUT2D eigenvalue weighted by atomic mass is 19.4. The Morgan fingerprint density at radius 2 is 1.48 bits per heavy atom. The highest BCUT2D eigenvalue weighted by Crippen LogP contribution is 2.52. The van der Waals surface area contributed by atoms with Gasteiger partial charge in [-0.3, -0.25) is 0 Å². The maximum Gasteiger partial charge on any atom is 0.442 e. The Morgan fingerprint density at radius 1 is 0.926 bits per heavy atom. The van der Waals surface area contributed by atoms with Gasteiger partial charge < -0.3 is 4.74 Å². The minimum Gasteiger partial charge on any atom is -0.494 e. The lowest BCUT2D eigenvalue weighted by Crippen LogP contribution is -2.29. The number of alkyl halides is 3.